The van der Waals surface area contributed by atoms with Gasteiger partial charge in [0.1, 0.15) is 12.3 Å². The standard InChI is InChI=1S/C17H14N4O5/c1-26-15-7-6-11(21(24)25)8-14(15)19-16(22)9-20-10-18-13-5-3-2-4-12(13)17(20)23/h2-8,10H,9H2,1H3,(H,19,22). The third kappa shape index (κ3) is 3.36. The Bertz CT molecular complexity index is 1060. The molecule has 26 heavy (non-hydrogen) atoms. The summed E-state index contributed by atoms with van der Waals surface area (Å²) in [5.74, 6) is -0.268. The highest BCUT2D eigenvalue weighted by atomic mass is 16.6. The molecule has 0 aliphatic rings. The molecular weight excluding hydrogens is 340 g/mol. The van der Waals surface area contributed by atoms with Gasteiger partial charge in [-0.15, -0.1) is 0 Å². The van der Waals surface area contributed by atoms with Crippen LogP contribution in [0.4, 0.5) is 11.4 Å². The topological polar surface area (TPSA) is 116 Å². The zero-order chi connectivity index (χ0) is 18.7. The van der Waals surface area contributed by atoms with E-state index in [1.165, 1.54) is 36.2 Å². The SMILES string of the molecule is COc1ccc([N+](=O)[O-])cc1NC(=O)Cn1cnc2ccccc2c1=O. The molecule has 1 amide bonds. The summed E-state index contributed by atoms with van der Waals surface area (Å²) in [5.41, 5.74) is 0.144. The molecule has 0 radical (unpaired) electrons. The molecule has 9 heteroatoms. The summed E-state index contributed by atoms with van der Waals surface area (Å²) in [6.07, 6.45) is 1.29. The van der Waals surface area contributed by atoms with Crippen molar-refractivity contribution < 1.29 is 14.5 Å². The summed E-state index contributed by atoms with van der Waals surface area (Å²) in [5, 5.41) is 13.8. The second kappa shape index (κ2) is 7.01. The Morgan fingerprint density at radius 2 is 2.08 bits per heavy atom. The van der Waals surface area contributed by atoms with Crippen LogP contribution in [0.15, 0.2) is 53.6 Å². The van der Waals surface area contributed by atoms with E-state index in [4.69, 9.17) is 4.74 Å². The molecule has 9 nitrogen and oxygen atoms in total. The van der Waals surface area contributed by atoms with Gasteiger partial charge in [0, 0.05) is 12.1 Å². The zero-order valence-electron chi connectivity index (χ0n) is 13.7. The number of benzene rings is 2. The quantitative estimate of drug-likeness (QED) is 0.553. The van der Waals surface area contributed by atoms with Crippen LogP contribution in [-0.2, 0) is 11.3 Å². The van der Waals surface area contributed by atoms with Crippen LogP contribution in [-0.4, -0.2) is 27.5 Å². The van der Waals surface area contributed by atoms with Crippen LogP contribution in [0.5, 0.6) is 5.75 Å². The van der Waals surface area contributed by atoms with Gasteiger partial charge >= 0.3 is 0 Å². The number of amides is 1. The van der Waals surface area contributed by atoms with Crippen molar-refractivity contribution in [2.45, 2.75) is 6.54 Å². The summed E-state index contributed by atoms with van der Waals surface area (Å²) in [7, 11) is 1.38. The first-order chi connectivity index (χ1) is 12.5. The van der Waals surface area contributed by atoms with Crippen LogP contribution in [0.1, 0.15) is 0 Å². The second-order valence-electron chi connectivity index (χ2n) is 5.38. The van der Waals surface area contributed by atoms with Crippen molar-refractivity contribution in [3.63, 3.8) is 0 Å². The molecular formula is C17H14N4O5. The monoisotopic (exact) mass is 354 g/mol. The van der Waals surface area contributed by atoms with Crippen molar-refractivity contribution in [1.82, 2.24) is 9.55 Å². The Morgan fingerprint density at radius 1 is 1.31 bits per heavy atom. The van der Waals surface area contributed by atoms with E-state index in [0.29, 0.717) is 10.9 Å². The average molecular weight is 354 g/mol. The van der Waals surface area contributed by atoms with E-state index < -0.39 is 10.8 Å². The van der Waals surface area contributed by atoms with Crippen LogP contribution in [0, 0.1) is 10.1 Å². The van der Waals surface area contributed by atoms with E-state index in [9.17, 15) is 19.7 Å². The first-order valence-electron chi connectivity index (χ1n) is 7.56. The molecule has 132 valence electrons. The predicted molar refractivity (Wildman–Crippen MR) is 94.3 cm³/mol. The van der Waals surface area contributed by atoms with Crippen molar-refractivity contribution >= 4 is 28.2 Å². The number of non-ortho nitro benzene ring substituents is 1. The normalized spacial score (nSPS) is 10.5. The zero-order valence-corrected chi connectivity index (χ0v) is 13.7. The number of nitro benzene ring substituents is 1. The fourth-order valence-electron chi connectivity index (χ4n) is 2.47. The Hall–Kier alpha value is -3.75. The van der Waals surface area contributed by atoms with E-state index in [2.05, 4.69) is 10.3 Å². The number of para-hydroxylation sites is 1. The number of ether oxygens (including phenoxy) is 1. The maximum atomic E-state index is 12.4. The number of nitrogens with zero attached hydrogens (tertiary/aromatic N) is 3. The molecule has 0 unspecified atom stereocenters. The molecule has 0 spiro atoms. The number of hydrogen-bond acceptors (Lipinski definition) is 6. The van der Waals surface area contributed by atoms with Gasteiger partial charge < -0.3 is 10.1 Å². The number of carbonyl (C=O) groups excluding carboxylic acids is 1. The number of carbonyl (C=O) groups is 1. The van der Waals surface area contributed by atoms with Gasteiger partial charge in [-0.2, -0.15) is 0 Å². The lowest BCUT2D eigenvalue weighted by Crippen LogP contribution is -2.28. The number of aromatic nitrogens is 2. The molecule has 0 aliphatic heterocycles. The summed E-state index contributed by atoms with van der Waals surface area (Å²) in [6, 6.07) is 10.7. The average Bonchev–Trinajstić information content (AvgIpc) is 2.64. The molecule has 0 bridgehead atoms. The van der Waals surface area contributed by atoms with Crippen molar-refractivity contribution in [3.8, 4) is 5.75 Å². The van der Waals surface area contributed by atoms with E-state index in [1.54, 1.807) is 24.3 Å². The van der Waals surface area contributed by atoms with Crippen LogP contribution in [0.25, 0.3) is 10.9 Å². The van der Waals surface area contributed by atoms with E-state index >= 15 is 0 Å². The summed E-state index contributed by atoms with van der Waals surface area (Å²) in [4.78, 5) is 39.2. The predicted octanol–water partition coefficient (Wildman–Crippen LogP) is 1.95. The van der Waals surface area contributed by atoms with Gasteiger partial charge in [-0.25, -0.2) is 4.98 Å². The third-order valence-electron chi connectivity index (χ3n) is 3.71. The highest BCUT2D eigenvalue weighted by Gasteiger charge is 2.14. The lowest BCUT2D eigenvalue weighted by molar-refractivity contribution is -0.384. The molecule has 1 heterocycles. The van der Waals surface area contributed by atoms with E-state index in [-0.39, 0.29) is 29.2 Å². The highest BCUT2D eigenvalue weighted by molar-refractivity contribution is 5.92. The summed E-state index contributed by atoms with van der Waals surface area (Å²) >= 11 is 0. The minimum atomic E-state index is -0.577. The van der Waals surface area contributed by atoms with Crippen molar-refractivity contribution in [2.24, 2.45) is 0 Å². The number of fused-ring (bicyclic) bond motifs is 1. The Kier molecular flexibility index (Phi) is 4.61. The Labute approximate surface area is 147 Å². The number of rotatable bonds is 5. The number of anilines is 1. The molecule has 2 aromatic carbocycles. The van der Waals surface area contributed by atoms with Gasteiger partial charge in [-0.3, -0.25) is 24.3 Å². The second-order valence-corrected chi connectivity index (χ2v) is 5.38. The smallest absolute Gasteiger partial charge is 0.271 e. The van der Waals surface area contributed by atoms with Crippen LogP contribution in [0.3, 0.4) is 0 Å². The van der Waals surface area contributed by atoms with Gasteiger partial charge in [0.15, 0.2) is 0 Å². The first-order valence-corrected chi connectivity index (χ1v) is 7.56. The molecule has 0 saturated heterocycles. The van der Waals surface area contributed by atoms with Crippen molar-refractivity contribution in [1.29, 1.82) is 0 Å². The van der Waals surface area contributed by atoms with Crippen LogP contribution < -0.4 is 15.6 Å². The van der Waals surface area contributed by atoms with Gasteiger partial charge in [-0.1, -0.05) is 12.1 Å². The number of hydrogen-bond donors (Lipinski definition) is 1. The molecule has 3 aromatic rings. The molecule has 0 fully saturated rings. The molecule has 0 aliphatic carbocycles. The van der Waals surface area contributed by atoms with Gasteiger partial charge in [0.2, 0.25) is 5.91 Å². The molecule has 1 aromatic heterocycles. The largest absolute Gasteiger partial charge is 0.495 e. The van der Waals surface area contributed by atoms with E-state index in [0.717, 1.165) is 0 Å². The number of methoxy groups -OCH3 is 1. The molecule has 0 atom stereocenters. The molecule has 3 rings (SSSR count). The van der Waals surface area contributed by atoms with Crippen LogP contribution >= 0.6 is 0 Å². The third-order valence-corrected chi connectivity index (χ3v) is 3.71. The lowest BCUT2D eigenvalue weighted by atomic mass is 10.2. The summed E-state index contributed by atoms with van der Waals surface area (Å²) < 4.78 is 6.26. The molecule has 0 saturated carbocycles. The van der Waals surface area contributed by atoms with Gasteiger partial charge in [0.25, 0.3) is 11.2 Å². The minimum absolute atomic E-state index is 0.147. The Balaban J connectivity index is 1.86. The molecule has 1 N–H and O–H groups in total. The van der Waals surface area contributed by atoms with Crippen LogP contribution in [0.2, 0.25) is 0 Å². The van der Waals surface area contributed by atoms with E-state index in [1.807, 2.05) is 0 Å². The maximum absolute atomic E-state index is 12.4. The highest BCUT2D eigenvalue weighted by Crippen LogP contribution is 2.28. The van der Waals surface area contributed by atoms with Crippen molar-refractivity contribution in [2.75, 3.05) is 12.4 Å². The number of nitrogens with one attached hydrogen (secondary N) is 1. The fraction of sp³-hybridized carbons (Fsp3) is 0.118. The van der Waals surface area contributed by atoms with Gasteiger partial charge in [-0.05, 0) is 18.2 Å². The van der Waals surface area contributed by atoms with Crippen molar-refractivity contribution in [3.05, 3.63) is 69.3 Å². The number of nitro groups is 1. The fourth-order valence-corrected chi connectivity index (χ4v) is 2.47. The van der Waals surface area contributed by atoms with Gasteiger partial charge in [0.05, 0.1) is 35.0 Å². The maximum Gasteiger partial charge on any atom is 0.271 e. The Morgan fingerprint density at radius 3 is 2.81 bits per heavy atom. The first kappa shape index (κ1) is 17.1. The minimum Gasteiger partial charge on any atom is -0.495 e. The summed E-state index contributed by atoms with van der Waals surface area (Å²) in [6.45, 7) is -0.289. The lowest BCUT2D eigenvalue weighted by Gasteiger charge is -2.11.